The number of rotatable bonds is 13. The highest BCUT2D eigenvalue weighted by Gasteiger charge is 2.08. The van der Waals surface area contributed by atoms with Crippen molar-refractivity contribution in [2.24, 2.45) is 5.73 Å². The van der Waals surface area contributed by atoms with Crippen LogP contribution in [0.1, 0.15) is 33.1 Å². The highest BCUT2D eigenvalue weighted by atomic mass is 28.2. The first-order chi connectivity index (χ1) is 8.35. The minimum atomic E-state index is -0.265. The van der Waals surface area contributed by atoms with Crippen molar-refractivity contribution < 1.29 is 9.47 Å². The van der Waals surface area contributed by atoms with Gasteiger partial charge in [0.2, 0.25) is 0 Å². The zero-order valence-corrected chi connectivity index (χ0v) is 13.0. The van der Waals surface area contributed by atoms with Crippen LogP contribution in [0.2, 0.25) is 6.04 Å². The van der Waals surface area contributed by atoms with E-state index in [9.17, 15) is 0 Å². The summed E-state index contributed by atoms with van der Waals surface area (Å²) in [4.78, 5) is 0. The maximum atomic E-state index is 5.72. The molecule has 4 nitrogen and oxygen atoms in total. The first-order valence-electron chi connectivity index (χ1n) is 6.99. The maximum Gasteiger partial charge on any atom is 0.134 e. The van der Waals surface area contributed by atoms with E-state index in [2.05, 4.69) is 19.2 Å². The molecular weight excluding hydrogens is 232 g/mol. The molecule has 0 unspecified atom stereocenters. The Labute approximate surface area is 108 Å². The molecule has 0 aliphatic rings. The Morgan fingerprint density at radius 1 is 1.12 bits per heavy atom. The van der Waals surface area contributed by atoms with Gasteiger partial charge in [0, 0.05) is 26.3 Å². The van der Waals surface area contributed by atoms with E-state index < -0.39 is 0 Å². The van der Waals surface area contributed by atoms with E-state index in [0.29, 0.717) is 0 Å². The minimum absolute atomic E-state index is 0.129. The van der Waals surface area contributed by atoms with Gasteiger partial charge in [0.15, 0.2) is 0 Å². The van der Waals surface area contributed by atoms with Gasteiger partial charge in [-0.25, -0.2) is 0 Å². The summed E-state index contributed by atoms with van der Waals surface area (Å²) in [7, 11) is -0.265. The van der Waals surface area contributed by atoms with E-state index in [1.807, 2.05) is 0 Å². The van der Waals surface area contributed by atoms with Gasteiger partial charge in [-0.05, 0) is 25.8 Å². The first-order valence-corrected chi connectivity index (χ1v) is 8.80. The quantitative estimate of drug-likeness (QED) is 0.291. The molecule has 0 aliphatic heterocycles. The van der Waals surface area contributed by atoms with Crippen LogP contribution >= 0.6 is 0 Å². The molecule has 0 amide bonds. The van der Waals surface area contributed by atoms with Crippen LogP contribution < -0.4 is 11.1 Å². The van der Waals surface area contributed by atoms with Crippen molar-refractivity contribution in [2.45, 2.75) is 45.1 Å². The molecule has 5 heteroatoms. The molecule has 0 saturated heterocycles. The summed E-state index contributed by atoms with van der Waals surface area (Å²) in [6.07, 6.45) is 3.35. The van der Waals surface area contributed by atoms with Crippen LogP contribution in [0.15, 0.2) is 0 Å². The lowest BCUT2D eigenvalue weighted by molar-refractivity contribution is -0.0904. The Morgan fingerprint density at radius 3 is 2.29 bits per heavy atom. The van der Waals surface area contributed by atoms with Crippen LogP contribution in [0.25, 0.3) is 0 Å². The van der Waals surface area contributed by atoms with Gasteiger partial charge in [0.05, 0.1) is 9.52 Å². The van der Waals surface area contributed by atoms with Crippen molar-refractivity contribution in [3.05, 3.63) is 0 Å². The predicted molar refractivity (Wildman–Crippen MR) is 76.2 cm³/mol. The van der Waals surface area contributed by atoms with Crippen LogP contribution in [0.3, 0.4) is 0 Å². The number of hydrogen-bond donors (Lipinski definition) is 2. The molecule has 0 radical (unpaired) electrons. The van der Waals surface area contributed by atoms with Crippen LogP contribution in [-0.4, -0.2) is 48.3 Å². The summed E-state index contributed by atoms with van der Waals surface area (Å²) < 4.78 is 11.4. The fourth-order valence-electron chi connectivity index (χ4n) is 1.50. The van der Waals surface area contributed by atoms with Crippen LogP contribution in [-0.2, 0) is 9.47 Å². The maximum absolute atomic E-state index is 5.72. The van der Waals surface area contributed by atoms with Crippen LogP contribution in [0.4, 0.5) is 0 Å². The topological polar surface area (TPSA) is 56.5 Å². The van der Waals surface area contributed by atoms with Crippen molar-refractivity contribution in [2.75, 3.05) is 32.8 Å². The number of hydrogen-bond acceptors (Lipinski definition) is 4. The standard InChI is InChI=1S/C12H30N2O2Si/c1-3-9-15-12(16-10-4-2)17-11-5-7-14-8-6-13/h12,14H,3-11,13,17H2,1-2H3. The molecule has 0 atom stereocenters. The lowest BCUT2D eigenvalue weighted by Gasteiger charge is -2.17. The molecule has 0 rings (SSSR count). The van der Waals surface area contributed by atoms with Gasteiger partial charge < -0.3 is 20.5 Å². The van der Waals surface area contributed by atoms with Gasteiger partial charge in [0.25, 0.3) is 0 Å². The van der Waals surface area contributed by atoms with Crippen molar-refractivity contribution >= 4 is 9.52 Å². The van der Waals surface area contributed by atoms with Gasteiger partial charge in [-0.2, -0.15) is 0 Å². The van der Waals surface area contributed by atoms with Gasteiger partial charge >= 0.3 is 0 Å². The second kappa shape index (κ2) is 14.1. The zero-order chi connectivity index (χ0) is 12.8. The van der Waals surface area contributed by atoms with E-state index in [1.165, 1.54) is 12.5 Å². The molecule has 0 aromatic heterocycles. The zero-order valence-electron chi connectivity index (χ0n) is 11.5. The second-order valence-electron chi connectivity index (χ2n) is 4.21. The molecule has 0 aromatic carbocycles. The molecule has 0 aliphatic carbocycles. The molecule has 0 heterocycles. The van der Waals surface area contributed by atoms with Crippen LogP contribution in [0, 0.1) is 0 Å². The van der Waals surface area contributed by atoms with Gasteiger partial charge in [-0.1, -0.05) is 19.9 Å². The summed E-state index contributed by atoms with van der Waals surface area (Å²) >= 11 is 0. The fraction of sp³-hybridized carbons (Fsp3) is 1.00. The highest BCUT2D eigenvalue weighted by molar-refractivity contribution is 6.36. The molecule has 0 fully saturated rings. The molecule has 0 aromatic rings. The summed E-state index contributed by atoms with van der Waals surface area (Å²) in [6.45, 7) is 8.63. The van der Waals surface area contributed by atoms with E-state index in [1.54, 1.807) is 0 Å². The summed E-state index contributed by atoms with van der Waals surface area (Å²) in [5.41, 5.74) is 5.41. The summed E-state index contributed by atoms with van der Waals surface area (Å²) in [5.74, 6) is 0.129. The van der Waals surface area contributed by atoms with Crippen molar-refractivity contribution in [3.8, 4) is 0 Å². The fourth-order valence-corrected chi connectivity index (χ4v) is 3.04. The predicted octanol–water partition coefficient (Wildman–Crippen LogP) is 0.649. The number of nitrogens with two attached hydrogens (primary N) is 1. The van der Waals surface area contributed by atoms with Gasteiger partial charge in [-0.15, -0.1) is 0 Å². The Morgan fingerprint density at radius 2 is 1.76 bits per heavy atom. The third-order valence-electron chi connectivity index (χ3n) is 2.38. The Bertz CT molecular complexity index is 142. The average Bonchev–Trinajstić information content (AvgIpc) is 2.35. The molecular formula is C12H30N2O2Si. The molecule has 3 N–H and O–H groups in total. The minimum Gasteiger partial charge on any atom is -0.357 e. The van der Waals surface area contributed by atoms with Gasteiger partial charge in [-0.3, -0.25) is 0 Å². The van der Waals surface area contributed by atoms with E-state index in [4.69, 9.17) is 15.2 Å². The summed E-state index contributed by atoms with van der Waals surface area (Å²) in [6, 6.07) is 1.27. The van der Waals surface area contributed by atoms with Crippen LogP contribution in [0.5, 0.6) is 0 Å². The normalized spacial score (nSPS) is 12.0. The smallest absolute Gasteiger partial charge is 0.134 e. The highest BCUT2D eigenvalue weighted by Crippen LogP contribution is 2.00. The third-order valence-corrected chi connectivity index (χ3v) is 4.23. The van der Waals surface area contributed by atoms with Crippen molar-refractivity contribution in [1.82, 2.24) is 5.32 Å². The molecule has 17 heavy (non-hydrogen) atoms. The lowest BCUT2D eigenvalue weighted by atomic mass is 10.5. The molecule has 0 saturated carbocycles. The van der Waals surface area contributed by atoms with Crippen molar-refractivity contribution in [3.63, 3.8) is 0 Å². The lowest BCUT2D eigenvalue weighted by Crippen LogP contribution is -2.27. The van der Waals surface area contributed by atoms with Crippen molar-refractivity contribution in [1.29, 1.82) is 0 Å². The monoisotopic (exact) mass is 262 g/mol. The Hall–Kier alpha value is 0.0569. The SMILES string of the molecule is CCCOC(OCCC)[SiH2]CCCNCCN. The van der Waals surface area contributed by atoms with E-state index in [-0.39, 0.29) is 15.4 Å². The van der Waals surface area contributed by atoms with E-state index >= 15 is 0 Å². The molecule has 104 valence electrons. The average molecular weight is 262 g/mol. The summed E-state index contributed by atoms with van der Waals surface area (Å²) in [5, 5.41) is 3.31. The largest absolute Gasteiger partial charge is 0.357 e. The third kappa shape index (κ3) is 12.3. The van der Waals surface area contributed by atoms with E-state index in [0.717, 1.165) is 45.7 Å². The first kappa shape index (κ1) is 17.1. The Balaban J connectivity index is 3.45. The molecule has 0 bridgehead atoms. The Kier molecular flexibility index (Phi) is 14.2. The van der Waals surface area contributed by atoms with Gasteiger partial charge in [0.1, 0.15) is 5.91 Å². The number of nitrogens with one attached hydrogen (secondary N) is 1. The molecule has 0 spiro atoms. The second-order valence-corrected chi connectivity index (χ2v) is 6.16. The number of ether oxygens (including phenoxy) is 2.